The summed E-state index contributed by atoms with van der Waals surface area (Å²) >= 11 is 6.17. The highest BCUT2D eigenvalue weighted by atomic mass is 35.5. The van der Waals surface area contributed by atoms with Crippen molar-refractivity contribution < 1.29 is 14.3 Å². The third-order valence-corrected chi connectivity index (χ3v) is 6.88. The number of halogens is 1. The molecule has 0 spiro atoms. The molecule has 0 aliphatic carbocycles. The Morgan fingerprint density at radius 1 is 0.975 bits per heavy atom. The minimum Gasteiger partial charge on any atom is -0.497 e. The Hall–Kier alpha value is -4.50. The van der Waals surface area contributed by atoms with E-state index in [2.05, 4.69) is 20.8 Å². The van der Waals surface area contributed by atoms with Crippen LogP contribution in [-0.2, 0) is 4.79 Å². The van der Waals surface area contributed by atoms with Gasteiger partial charge < -0.3 is 15.4 Å². The van der Waals surface area contributed by atoms with Gasteiger partial charge in [-0.15, -0.1) is 10.2 Å². The lowest BCUT2D eigenvalue weighted by molar-refractivity contribution is -0.121. The molecule has 4 aromatic rings. The fourth-order valence-corrected chi connectivity index (χ4v) is 4.76. The molecule has 0 bridgehead atoms. The molecule has 0 saturated carbocycles. The van der Waals surface area contributed by atoms with Crippen LogP contribution in [-0.4, -0.2) is 52.5 Å². The zero-order chi connectivity index (χ0) is 28.1. The van der Waals surface area contributed by atoms with E-state index in [9.17, 15) is 9.59 Å². The van der Waals surface area contributed by atoms with Crippen molar-refractivity contribution in [3.63, 3.8) is 0 Å². The SMILES string of the molecule is COc1ccc2c(c1)C(c1ccc(Cl)cc1)=N[C@@H](CC(=O)NCCCNC(=O)c1ccccc1)c1nnc(C)n1-2. The van der Waals surface area contributed by atoms with Crippen molar-refractivity contribution in [2.24, 2.45) is 4.99 Å². The number of aromatic nitrogens is 3. The molecule has 204 valence electrons. The summed E-state index contributed by atoms with van der Waals surface area (Å²) in [6.45, 7) is 2.73. The van der Waals surface area contributed by atoms with Crippen LogP contribution in [0.3, 0.4) is 0 Å². The second kappa shape index (κ2) is 12.1. The number of carbonyl (C=O) groups excluding carboxylic acids is 2. The molecule has 2 N–H and O–H groups in total. The first-order valence-electron chi connectivity index (χ1n) is 13.0. The summed E-state index contributed by atoms with van der Waals surface area (Å²) in [5.41, 5.74) is 3.85. The molecule has 0 saturated heterocycles. The van der Waals surface area contributed by atoms with Crippen molar-refractivity contribution in [2.45, 2.75) is 25.8 Å². The van der Waals surface area contributed by atoms with Crippen LogP contribution in [0.4, 0.5) is 0 Å². The molecule has 1 aliphatic rings. The van der Waals surface area contributed by atoms with Crippen LogP contribution in [0.1, 0.15) is 52.0 Å². The highest BCUT2D eigenvalue weighted by Gasteiger charge is 2.30. The average Bonchev–Trinajstić information content (AvgIpc) is 3.30. The highest BCUT2D eigenvalue weighted by molar-refractivity contribution is 6.30. The Balaban J connectivity index is 1.34. The lowest BCUT2D eigenvalue weighted by atomic mass is 10.00. The third-order valence-electron chi connectivity index (χ3n) is 6.63. The van der Waals surface area contributed by atoms with Crippen molar-refractivity contribution >= 4 is 29.1 Å². The predicted octanol–water partition coefficient (Wildman–Crippen LogP) is 4.46. The largest absolute Gasteiger partial charge is 0.497 e. The highest BCUT2D eigenvalue weighted by Crippen LogP contribution is 2.34. The second-order valence-corrected chi connectivity index (χ2v) is 9.79. The van der Waals surface area contributed by atoms with Gasteiger partial charge in [-0.25, -0.2) is 0 Å². The van der Waals surface area contributed by atoms with Crippen LogP contribution < -0.4 is 15.4 Å². The summed E-state index contributed by atoms with van der Waals surface area (Å²) in [6.07, 6.45) is 0.672. The Morgan fingerprint density at radius 2 is 1.73 bits per heavy atom. The number of fused-ring (bicyclic) bond motifs is 3. The van der Waals surface area contributed by atoms with E-state index in [1.807, 2.05) is 72.2 Å². The van der Waals surface area contributed by atoms with Crippen LogP contribution in [0.5, 0.6) is 5.75 Å². The first-order chi connectivity index (χ1) is 19.4. The molecule has 10 heteroatoms. The smallest absolute Gasteiger partial charge is 0.251 e. The van der Waals surface area contributed by atoms with Crippen molar-refractivity contribution in [1.82, 2.24) is 25.4 Å². The maximum Gasteiger partial charge on any atom is 0.251 e. The second-order valence-electron chi connectivity index (χ2n) is 9.35. The molecule has 3 aromatic carbocycles. The summed E-state index contributed by atoms with van der Waals surface area (Å²) in [5.74, 6) is 1.64. The van der Waals surface area contributed by atoms with Gasteiger partial charge in [-0.05, 0) is 55.8 Å². The van der Waals surface area contributed by atoms with Crippen molar-refractivity contribution in [3.8, 4) is 11.4 Å². The first kappa shape index (κ1) is 27.1. The molecule has 2 heterocycles. The summed E-state index contributed by atoms with van der Waals surface area (Å²) in [6, 6.07) is 21.6. The Bertz CT molecular complexity index is 1550. The molecule has 1 aliphatic heterocycles. The van der Waals surface area contributed by atoms with Crippen LogP contribution in [0, 0.1) is 6.92 Å². The number of benzene rings is 3. The predicted molar refractivity (Wildman–Crippen MR) is 153 cm³/mol. The van der Waals surface area contributed by atoms with Gasteiger partial charge in [0.15, 0.2) is 5.82 Å². The van der Waals surface area contributed by atoms with E-state index in [-0.39, 0.29) is 18.2 Å². The summed E-state index contributed by atoms with van der Waals surface area (Å²) in [7, 11) is 1.62. The number of hydrogen-bond acceptors (Lipinski definition) is 6. The van der Waals surface area contributed by atoms with Crippen LogP contribution >= 0.6 is 11.6 Å². The van der Waals surface area contributed by atoms with Gasteiger partial charge in [-0.1, -0.05) is 41.9 Å². The monoisotopic (exact) mass is 556 g/mol. The maximum atomic E-state index is 13.1. The molecular formula is C30H29ClN6O3. The molecule has 40 heavy (non-hydrogen) atoms. The Morgan fingerprint density at radius 3 is 2.48 bits per heavy atom. The summed E-state index contributed by atoms with van der Waals surface area (Å²) in [5, 5.41) is 15.2. The van der Waals surface area contributed by atoms with Crippen molar-refractivity contribution in [1.29, 1.82) is 0 Å². The first-order valence-corrected chi connectivity index (χ1v) is 13.4. The molecule has 0 radical (unpaired) electrons. The molecule has 1 atom stereocenters. The fourth-order valence-electron chi connectivity index (χ4n) is 4.63. The number of carbonyl (C=O) groups is 2. The fraction of sp³-hybridized carbons (Fsp3) is 0.233. The summed E-state index contributed by atoms with van der Waals surface area (Å²) < 4.78 is 7.46. The molecule has 0 unspecified atom stereocenters. The van der Waals surface area contributed by atoms with Crippen molar-refractivity contribution in [3.05, 3.63) is 106 Å². The normalized spacial score (nSPS) is 13.9. The molecular weight excluding hydrogens is 528 g/mol. The van der Waals surface area contributed by atoms with Gasteiger partial charge in [0.05, 0.1) is 24.9 Å². The number of aliphatic imine (C=N–C) groups is 1. The van der Waals surface area contributed by atoms with E-state index in [0.29, 0.717) is 53.2 Å². The molecule has 0 fully saturated rings. The maximum absolute atomic E-state index is 13.1. The number of aryl methyl sites for hydroxylation is 1. The van der Waals surface area contributed by atoms with E-state index in [1.165, 1.54) is 0 Å². The molecule has 9 nitrogen and oxygen atoms in total. The number of hydrogen-bond donors (Lipinski definition) is 2. The van der Waals surface area contributed by atoms with Gasteiger partial charge in [0.2, 0.25) is 5.91 Å². The van der Waals surface area contributed by atoms with Crippen LogP contribution in [0.2, 0.25) is 5.02 Å². The van der Waals surface area contributed by atoms with Gasteiger partial charge in [-0.3, -0.25) is 19.1 Å². The Kier molecular flexibility index (Phi) is 8.21. The van der Waals surface area contributed by atoms with Crippen molar-refractivity contribution in [2.75, 3.05) is 20.2 Å². The van der Waals surface area contributed by atoms with Crippen LogP contribution in [0.25, 0.3) is 5.69 Å². The minimum absolute atomic E-state index is 0.0801. The lowest BCUT2D eigenvalue weighted by Gasteiger charge is -2.14. The lowest BCUT2D eigenvalue weighted by Crippen LogP contribution is -2.30. The summed E-state index contributed by atoms with van der Waals surface area (Å²) in [4.78, 5) is 30.3. The van der Waals surface area contributed by atoms with Crippen LogP contribution in [0.15, 0.2) is 77.8 Å². The number of methoxy groups -OCH3 is 1. The number of amides is 2. The van der Waals surface area contributed by atoms with Gasteiger partial charge in [0.25, 0.3) is 5.91 Å². The number of ether oxygens (including phenoxy) is 1. The quantitative estimate of drug-likeness (QED) is 0.296. The molecule has 1 aromatic heterocycles. The topological polar surface area (TPSA) is 110 Å². The van der Waals surface area contributed by atoms with Gasteiger partial charge in [0.1, 0.15) is 17.6 Å². The van der Waals surface area contributed by atoms with E-state index in [0.717, 1.165) is 16.8 Å². The molecule has 2 amide bonds. The zero-order valence-corrected chi connectivity index (χ0v) is 23.0. The van der Waals surface area contributed by atoms with E-state index in [1.54, 1.807) is 19.2 Å². The van der Waals surface area contributed by atoms with E-state index in [4.69, 9.17) is 21.3 Å². The van der Waals surface area contributed by atoms with Gasteiger partial charge >= 0.3 is 0 Å². The van der Waals surface area contributed by atoms with E-state index >= 15 is 0 Å². The van der Waals surface area contributed by atoms with Gasteiger partial charge in [-0.2, -0.15) is 0 Å². The van der Waals surface area contributed by atoms with Gasteiger partial charge in [0, 0.05) is 34.8 Å². The Labute approximate surface area is 237 Å². The standard InChI is InChI=1S/C30H29ClN6O3/c1-19-35-36-29-25(18-27(38)32-15-6-16-33-30(39)21-7-4-3-5-8-21)34-28(20-9-11-22(31)12-10-20)24-17-23(40-2)13-14-26(24)37(19)29/h3-5,7-14,17,25H,6,15-16,18H2,1-2H3,(H,32,38)(H,33,39)/t25-/m0/s1. The third kappa shape index (κ3) is 5.89. The zero-order valence-electron chi connectivity index (χ0n) is 22.2. The number of nitrogens with one attached hydrogen (secondary N) is 2. The molecule has 5 rings (SSSR count). The number of rotatable bonds is 9. The average molecular weight is 557 g/mol. The van der Waals surface area contributed by atoms with E-state index < -0.39 is 6.04 Å². The number of nitrogens with zero attached hydrogens (tertiary/aromatic N) is 4. The minimum atomic E-state index is -0.581.